The molecule has 1 aromatic carbocycles. The van der Waals surface area contributed by atoms with Crippen LogP contribution in [-0.4, -0.2) is 16.8 Å². The van der Waals surface area contributed by atoms with E-state index in [1.165, 1.54) is 21.3 Å². The predicted octanol–water partition coefficient (Wildman–Crippen LogP) is 3.51. The summed E-state index contributed by atoms with van der Waals surface area (Å²) in [4.78, 5) is 0. The molecule has 4 heteroatoms. The van der Waals surface area contributed by atoms with E-state index in [9.17, 15) is 0 Å². The minimum absolute atomic E-state index is 0.176. The van der Waals surface area contributed by atoms with Gasteiger partial charge in [-0.1, -0.05) is 25.1 Å². The molecule has 2 heterocycles. The number of fused-ring (bicyclic) bond motifs is 1. The maximum Gasteiger partial charge on any atom is 0.0759 e. The highest BCUT2D eigenvalue weighted by Gasteiger charge is 2.19. The van der Waals surface area contributed by atoms with Crippen molar-refractivity contribution in [3.05, 3.63) is 52.7 Å². The highest BCUT2D eigenvalue weighted by Crippen LogP contribution is 2.32. The monoisotopic (exact) mass is 285 g/mol. The van der Waals surface area contributed by atoms with Gasteiger partial charge in [-0.15, -0.1) is 11.3 Å². The third-order valence-corrected chi connectivity index (χ3v) is 4.71. The summed E-state index contributed by atoms with van der Waals surface area (Å²) in [5.41, 5.74) is 3.68. The number of benzene rings is 1. The van der Waals surface area contributed by atoms with Crippen LogP contribution >= 0.6 is 11.3 Å². The molecule has 3 aromatic rings. The molecule has 0 amide bonds. The van der Waals surface area contributed by atoms with Crippen LogP contribution in [0.2, 0.25) is 0 Å². The number of thiophene rings is 1. The molecular weight excluding hydrogens is 266 g/mol. The molecule has 0 aliphatic rings. The molecule has 1 N–H and O–H groups in total. The van der Waals surface area contributed by atoms with Crippen molar-refractivity contribution >= 4 is 21.4 Å². The zero-order valence-electron chi connectivity index (χ0n) is 12.1. The van der Waals surface area contributed by atoms with Crippen LogP contribution < -0.4 is 5.32 Å². The molecule has 3 nitrogen and oxygen atoms in total. The standard InChI is InChI=1S/C16H19N3S/c1-4-12-10-14(19(3)18-12)15(17-2)13-7-5-6-11-8-9-20-16(11)13/h5-10,15,17H,4H2,1-3H3. The molecule has 0 saturated heterocycles. The molecule has 0 spiro atoms. The maximum atomic E-state index is 4.57. The van der Waals surface area contributed by atoms with Gasteiger partial charge in [-0.25, -0.2) is 0 Å². The van der Waals surface area contributed by atoms with Gasteiger partial charge in [0.1, 0.15) is 0 Å². The highest BCUT2D eigenvalue weighted by atomic mass is 32.1. The Balaban J connectivity index is 2.13. The molecule has 1 atom stereocenters. The van der Waals surface area contributed by atoms with Crippen molar-refractivity contribution in [2.75, 3.05) is 7.05 Å². The smallest absolute Gasteiger partial charge is 0.0759 e. The number of nitrogens with one attached hydrogen (secondary N) is 1. The molecular formula is C16H19N3S. The van der Waals surface area contributed by atoms with Gasteiger partial charge < -0.3 is 5.32 Å². The van der Waals surface area contributed by atoms with Crippen molar-refractivity contribution in [2.45, 2.75) is 19.4 Å². The second-order valence-electron chi connectivity index (χ2n) is 4.95. The fourth-order valence-electron chi connectivity index (χ4n) is 2.69. The first-order valence-corrected chi connectivity index (χ1v) is 7.78. The second kappa shape index (κ2) is 5.38. The Morgan fingerprint density at radius 3 is 2.90 bits per heavy atom. The summed E-state index contributed by atoms with van der Waals surface area (Å²) >= 11 is 1.80. The Kier molecular flexibility index (Phi) is 3.59. The van der Waals surface area contributed by atoms with Gasteiger partial charge in [0.25, 0.3) is 0 Å². The lowest BCUT2D eigenvalue weighted by molar-refractivity contribution is 0.607. The SMILES string of the molecule is CCc1cc(C(NC)c2cccc3ccsc23)n(C)n1. The van der Waals surface area contributed by atoms with E-state index in [2.05, 4.69) is 53.1 Å². The molecule has 0 fully saturated rings. The Morgan fingerprint density at radius 2 is 2.20 bits per heavy atom. The number of hydrogen-bond acceptors (Lipinski definition) is 3. The van der Waals surface area contributed by atoms with Crippen molar-refractivity contribution in [3.63, 3.8) is 0 Å². The van der Waals surface area contributed by atoms with E-state index in [1.807, 2.05) is 18.8 Å². The lowest BCUT2D eigenvalue weighted by Crippen LogP contribution is -2.20. The quantitative estimate of drug-likeness (QED) is 0.795. The van der Waals surface area contributed by atoms with Gasteiger partial charge in [0.15, 0.2) is 0 Å². The minimum Gasteiger partial charge on any atom is -0.308 e. The first-order valence-electron chi connectivity index (χ1n) is 6.90. The van der Waals surface area contributed by atoms with Crippen LogP contribution in [0, 0.1) is 0 Å². The van der Waals surface area contributed by atoms with Crippen molar-refractivity contribution in [2.24, 2.45) is 7.05 Å². The summed E-state index contributed by atoms with van der Waals surface area (Å²) < 4.78 is 3.35. The summed E-state index contributed by atoms with van der Waals surface area (Å²) in [5, 5.41) is 11.5. The number of hydrogen-bond donors (Lipinski definition) is 1. The van der Waals surface area contributed by atoms with Crippen LogP contribution in [-0.2, 0) is 13.5 Å². The Labute approximate surface area is 123 Å². The molecule has 2 aromatic heterocycles. The average molecular weight is 285 g/mol. The van der Waals surface area contributed by atoms with E-state index in [1.54, 1.807) is 11.3 Å². The third-order valence-electron chi connectivity index (χ3n) is 3.73. The third kappa shape index (κ3) is 2.15. The number of aryl methyl sites for hydroxylation is 2. The van der Waals surface area contributed by atoms with E-state index in [-0.39, 0.29) is 6.04 Å². The Bertz CT molecular complexity index is 726. The van der Waals surface area contributed by atoms with Crippen LogP contribution in [0.4, 0.5) is 0 Å². The van der Waals surface area contributed by atoms with E-state index in [4.69, 9.17) is 0 Å². The van der Waals surface area contributed by atoms with Gasteiger partial charge >= 0.3 is 0 Å². The number of rotatable bonds is 4. The van der Waals surface area contributed by atoms with Crippen molar-refractivity contribution in [1.29, 1.82) is 0 Å². The fraction of sp³-hybridized carbons (Fsp3) is 0.312. The fourth-order valence-corrected chi connectivity index (χ4v) is 3.64. The maximum absolute atomic E-state index is 4.57. The zero-order valence-corrected chi connectivity index (χ0v) is 12.9. The van der Waals surface area contributed by atoms with Crippen LogP contribution in [0.1, 0.15) is 29.9 Å². The van der Waals surface area contributed by atoms with E-state index < -0.39 is 0 Å². The highest BCUT2D eigenvalue weighted by molar-refractivity contribution is 7.17. The van der Waals surface area contributed by atoms with Crippen molar-refractivity contribution in [1.82, 2.24) is 15.1 Å². The topological polar surface area (TPSA) is 29.9 Å². The Hall–Kier alpha value is -1.65. The molecule has 0 aliphatic heterocycles. The normalized spacial score (nSPS) is 12.9. The van der Waals surface area contributed by atoms with E-state index in [0.717, 1.165) is 12.1 Å². The van der Waals surface area contributed by atoms with Crippen molar-refractivity contribution in [3.8, 4) is 0 Å². The van der Waals surface area contributed by atoms with Gasteiger partial charge in [-0.2, -0.15) is 5.10 Å². The average Bonchev–Trinajstić information content (AvgIpc) is 3.07. The van der Waals surface area contributed by atoms with Crippen molar-refractivity contribution < 1.29 is 0 Å². The van der Waals surface area contributed by atoms with Crippen LogP contribution in [0.15, 0.2) is 35.7 Å². The van der Waals surface area contributed by atoms with Gasteiger partial charge in [0, 0.05) is 11.7 Å². The van der Waals surface area contributed by atoms with Gasteiger partial charge in [-0.05, 0) is 41.9 Å². The van der Waals surface area contributed by atoms with Gasteiger partial charge in [0.05, 0.1) is 17.4 Å². The number of aromatic nitrogens is 2. The van der Waals surface area contributed by atoms with Gasteiger partial charge in [0.2, 0.25) is 0 Å². The molecule has 0 radical (unpaired) electrons. The zero-order chi connectivity index (χ0) is 14.1. The lowest BCUT2D eigenvalue weighted by atomic mass is 10.0. The summed E-state index contributed by atoms with van der Waals surface area (Å²) in [5.74, 6) is 0. The van der Waals surface area contributed by atoms with Crippen LogP contribution in [0.3, 0.4) is 0 Å². The summed E-state index contributed by atoms with van der Waals surface area (Å²) in [6.45, 7) is 2.14. The molecule has 1 unspecified atom stereocenters. The largest absolute Gasteiger partial charge is 0.308 e. The summed E-state index contributed by atoms with van der Waals surface area (Å²) in [7, 11) is 4.03. The van der Waals surface area contributed by atoms with Gasteiger partial charge in [-0.3, -0.25) is 4.68 Å². The molecule has 0 aliphatic carbocycles. The summed E-state index contributed by atoms with van der Waals surface area (Å²) in [6, 6.07) is 11.1. The second-order valence-corrected chi connectivity index (χ2v) is 5.86. The molecule has 104 valence electrons. The first-order chi connectivity index (χ1) is 9.74. The molecule has 0 saturated carbocycles. The molecule has 3 rings (SSSR count). The minimum atomic E-state index is 0.176. The molecule has 0 bridgehead atoms. The lowest BCUT2D eigenvalue weighted by Gasteiger charge is -2.17. The predicted molar refractivity (Wildman–Crippen MR) is 85.3 cm³/mol. The number of nitrogens with zero attached hydrogens (tertiary/aromatic N) is 2. The Morgan fingerprint density at radius 1 is 1.35 bits per heavy atom. The van der Waals surface area contributed by atoms with E-state index >= 15 is 0 Å². The molecule has 20 heavy (non-hydrogen) atoms. The van der Waals surface area contributed by atoms with Crippen LogP contribution in [0.25, 0.3) is 10.1 Å². The van der Waals surface area contributed by atoms with Crippen LogP contribution in [0.5, 0.6) is 0 Å². The van der Waals surface area contributed by atoms with E-state index in [0.29, 0.717) is 0 Å². The first kappa shape index (κ1) is 13.3. The summed E-state index contributed by atoms with van der Waals surface area (Å²) in [6.07, 6.45) is 0.966.